The highest BCUT2D eigenvalue weighted by molar-refractivity contribution is 6.01. The highest BCUT2D eigenvalue weighted by Crippen LogP contribution is 2.48. The van der Waals surface area contributed by atoms with Gasteiger partial charge in [-0.3, -0.25) is 24.6 Å². The Labute approximate surface area is 342 Å². The molecule has 1 aliphatic carbocycles. The molecule has 3 N–H and O–H groups in total. The van der Waals surface area contributed by atoms with E-state index < -0.39 is 5.41 Å². The summed E-state index contributed by atoms with van der Waals surface area (Å²) in [7, 11) is 0. The number of rotatable bonds is 9. The van der Waals surface area contributed by atoms with Crippen LogP contribution >= 0.6 is 0 Å². The maximum absolute atomic E-state index is 14.7. The number of nitrogens with one attached hydrogen (secondary N) is 2. The summed E-state index contributed by atoms with van der Waals surface area (Å²) in [6.07, 6.45) is 14.3. The van der Waals surface area contributed by atoms with Crippen LogP contribution in [-0.2, 0) is 19.1 Å². The van der Waals surface area contributed by atoms with Crippen LogP contribution in [-0.4, -0.2) is 102 Å². The number of piperidine rings is 4. The predicted molar refractivity (Wildman–Crippen MR) is 222 cm³/mol. The van der Waals surface area contributed by atoms with E-state index >= 15 is 0 Å². The lowest BCUT2D eigenvalue weighted by molar-refractivity contribution is -0.141. The topological polar surface area (TPSA) is 140 Å². The van der Waals surface area contributed by atoms with Gasteiger partial charge in [-0.1, -0.05) is 24.3 Å². The number of imide groups is 1. The Kier molecular flexibility index (Phi) is 11.1. The van der Waals surface area contributed by atoms with Gasteiger partial charge in [-0.25, -0.2) is 0 Å². The van der Waals surface area contributed by atoms with Gasteiger partial charge in [0.2, 0.25) is 17.7 Å². The minimum absolute atomic E-state index is 0.176. The number of para-hydroxylation sites is 1. The fourth-order valence-corrected chi connectivity index (χ4v) is 11.3. The molecule has 3 amide bonds. The molecule has 2 atom stereocenters. The summed E-state index contributed by atoms with van der Waals surface area (Å²) in [6.45, 7) is 7.22. The molecule has 1 saturated carbocycles. The summed E-state index contributed by atoms with van der Waals surface area (Å²) in [6, 6.07) is 17.8. The van der Waals surface area contributed by atoms with Crippen LogP contribution in [0.15, 0.2) is 60.8 Å². The molecule has 5 aliphatic heterocycles. The second-order valence-corrected chi connectivity index (χ2v) is 18.1. The van der Waals surface area contributed by atoms with E-state index in [1.807, 2.05) is 18.2 Å². The molecule has 0 radical (unpaired) electrons. The minimum atomic E-state index is -0.412. The standard InChI is InChI=1S/C46H59N7O5/c54-41-5-2-1-4-39(41)40-28-37(30-47-50-40)52-24-19-46(20-25-52,34-15-26-58-27-16-34)44(57)48-35-14-23-53(45(29-35)17-3-18-45)31-32-12-21-51(22-13-32)36-8-6-33(7-9-36)38-10-11-42(55)49-43(38)56/h1-2,4-9,28,30,32,34-35,38,54H,3,10-27,29,31H2,(H,48,57)(H,49,55,56)/t35?,38-/m1/s1. The van der Waals surface area contributed by atoms with Crippen LogP contribution in [0.3, 0.4) is 0 Å². The van der Waals surface area contributed by atoms with Gasteiger partial charge in [-0.2, -0.15) is 10.2 Å². The highest BCUT2D eigenvalue weighted by atomic mass is 16.5. The van der Waals surface area contributed by atoms with E-state index in [1.165, 1.54) is 24.9 Å². The van der Waals surface area contributed by atoms with E-state index in [9.17, 15) is 19.5 Å². The highest BCUT2D eigenvalue weighted by Gasteiger charge is 2.51. The van der Waals surface area contributed by atoms with Crippen molar-refractivity contribution in [1.29, 1.82) is 0 Å². The average Bonchev–Trinajstić information content (AvgIpc) is 3.24. The average molecular weight is 790 g/mol. The number of phenolic OH excluding ortho intramolecular Hbond substituents is 1. The molecule has 6 heterocycles. The van der Waals surface area contributed by atoms with Gasteiger partial charge in [0.15, 0.2) is 0 Å². The third-order valence-electron chi connectivity index (χ3n) is 15.0. The van der Waals surface area contributed by atoms with Crippen LogP contribution < -0.4 is 20.4 Å². The van der Waals surface area contributed by atoms with Crippen molar-refractivity contribution in [1.82, 2.24) is 25.7 Å². The van der Waals surface area contributed by atoms with E-state index in [4.69, 9.17) is 4.74 Å². The Morgan fingerprint density at radius 2 is 1.60 bits per heavy atom. The van der Waals surface area contributed by atoms with Gasteiger partial charge in [0.1, 0.15) is 5.75 Å². The molecule has 1 spiro atoms. The first-order valence-electron chi connectivity index (χ1n) is 22.0. The normalized spacial score (nSPS) is 25.6. The van der Waals surface area contributed by atoms with Crippen LogP contribution in [0, 0.1) is 17.3 Å². The molecule has 12 heteroatoms. The molecule has 6 aliphatic rings. The molecule has 2 aromatic carbocycles. The van der Waals surface area contributed by atoms with E-state index in [0.717, 1.165) is 115 Å². The molecule has 5 saturated heterocycles. The van der Waals surface area contributed by atoms with Crippen LogP contribution in [0.2, 0.25) is 0 Å². The van der Waals surface area contributed by atoms with Gasteiger partial charge in [0.05, 0.1) is 28.9 Å². The Hall–Kier alpha value is -4.55. The summed E-state index contributed by atoms with van der Waals surface area (Å²) in [5, 5.41) is 25.3. The van der Waals surface area contributed by atoms with Crippen molar-refractivity contribution in [2.75, 3.05) is 62.3 Å². The zero-order chi connectivity index (χ0) is 39.7. The second kappa shape index (κ2) is 16.6. The zero-order valence-corrected chi connectivity index (χ0v) is 33.7. The maximum Gasteiger partial charge on any atom is 0.234 e. The van der Waals surface area contributed by atoms with Crippen LogP contribution in [0.1, 0.15) is 95.0 Å². The van der Waals surface area contributed by atoms with E-state index in [-0.39, 0.29) is 41.0 Å². The fraction of sp³-hybridized carbons (Fsp3) is 0.587. The largest absolute Gasteiger partial charge is 0.507 e. The number of nitrogens with zero attached hydrogens (tertiary/aromatic N) is 5. The number of carbonyl (C=O) groups excluding carboxylic acids is 3. The van der Waals surface area contributed by atoms with Crippen LogP contribution in [0.5, 0.6) is 5.75 Å². The Bertz CT molecular complexity index is 1950. The first-order chi connectivity index (χ1) is 28.3. The Balaban J connectivity index is 0.801. The molecule has 1 aromatic heterocycles. The monoisotopic (exact) mass is 789 g/mol. The number of aromatic nitrogens is 2. The van der Waals surface area contributed by atoms with Gasteiger partial charge in [0.25, 0.3) is 0 Å². The zero-order valence-electron chi connectivity index (χ0n) is 33.7. The first-order valence-corrected chi connectivity index (χ1v) is 22.0. The van der Waals surface area contributed by atoms with Crippen molar-refractivity contribution >= 4 is 29.1 Å². The van der Waals surface area contributed by atoms with E-state index in [2.05, 4.69) is 59.8 Å². The van der Waals surface area contributed by atoms with Crippen molar-refractivity contribution in [3.8, 4) is 17.0 Å². The van der Waals surface area contributed by atoms with Gasteiger partial charge in [0, 0.05) is 81.7 Å². The van der Waals surface area contributed by atoms with Gasteiger partial charge < -0.3 is 25.0 Å². The molecule has 12 nitrogen and oxygen atoms in total. The lowest BCUT2D eigenvalue weighted by Gasteiger charge is -2.57. The number of carbonyl (C=O) groups is 3. The van der Waals surface area contributed by atoms with Crippen molar-refractivity contribution in [2.45, 2.75) is 101 Å². The molecule has 6 fully saturated rings. The van der Waals surface area contributed by atoms with Gasteiger partial charge in [-0.05, 0) is 125 Å². The van der Waals surface area contributed by atoms with Crippen molar-refractivity contribution in [3.63, 3.8) is 0 Å². The number of benzene rings is 2. The second-order valence-electron chi connectivity index (χ2n) is 18.1. The Morgan fingerprint density at radius 3 is 2.31 bits per heavy atom. The van der Waals surface area contributed by atoms with Crippen molar-refractivity contribution in [3.05, 3.63) is 66.4 Å². The minimum Gasteiger partial charge on any atom is -0.507 e. The molecule has 58 heavy (non-hydrogen) atoms. The SMILES string of the molecule is O=C1CC[C@H](c2ccc(N3CCC(CN4CCC(NC(=O)C5(C6CCOCC6)CCN(c6cnnc(-c7ccccc7O)c6)CC5)CC45CCC5)CC3)cc2)C(=O)N1. The smallest absolute Gasteiger partial charge is 0.234 e. The summed E-state index contributed by atoms with van der Waals surface area (Å²) < 4.78 is 5.80. The maximum atomic E-state index is 14.7. The number of phenols is 1. The van der Waals surface area contributed by atoms with Crippen LogP contribution in [0.4, 0.5) is 11.4 Å². The number of hydrogen-bond donors (Lipinski definition) is 3. The number of ether oxygens (including phenoxy) is 1. The quantitative estimate of drug-likeness (QED) is 0.228. The summed E-state index contributed by atoms with van der Waals surface area (Å²) in [5.74, 6) is 0.809. The molecular formula is C46H59N7O5. The lowest BCUT2D eigenvalue weighted by Crippen LogP contribution is -2.64. The Morgan fingerprint density at radius 1 is 0.862 bits per heavy atom. The number of amides is 3. The van der Waals surface area contributed by atoms with Crippen LogP contribution in [0.25, 0.3) is 11.3 Å². The van der Waals surface area contributed by atoms with Crippen molar-refractivity contribution in [2.24, 2.45) is 17.3 Å². The predicted octanol–water partition coefficient (Wildman–Crippen LogP) is 5.80. The van der Waals surface area contributed by atoms with Gasteiger partial charge in [-0.15, -0.1) is 0 Å². The molecular weight excluding hydrogens is 731 g/mol. The van der Waals surface area contributed by atoms with E-state index in [0.29, 0.717) is 35.9 Å². The third-order valence-corrected chi connectivity index (χ3v) is 15.0. The number of likely N-dealkylation sites (tertiary alicyclic amines) is 1. The number of aromatic hydroxyl groups is 1. The number of anilines is 2. The first kappa shape index (κ1) is 38.9. The summed E-state index contributed by atoms with van der Waals surface area (Å²) in [5.41, 5.74) is 4.26. The fourth-order valence-electron chi connectivity index (χ4n) is 11.3. The van der Waals surface area contributed by atoms with Crippen molar-refractivity contribution < 1.29 is 24.2 Å². The van der Waals surface area contributed by atoms with Gasteiger partial charge >= 0.3 is 0 Å². The molecule has 3 aromatic rings. The molecule has 9 rings (SSSR count). The number of hydrogen-bond acceptors (Lipinski definition) is 10. The molecule has 308 valence electrons. The third kappa shape index (κ3) is 7.81. The lowest BCUT2D eigenvalue weighted by atomic mass is 9.64. The van der Waals surface area contributed by atoms with E-state index in [1.54, 1.807) is 18.3 Å². The molecule has 0 bridgehead atoms. The summed E-state index contributed by atoms with van der Waals surface area (Å²) in [4.78, 5) is 46.3. The summed E-state index contributed by atoms with van der Waals surface area (Å²) >= 11 is 0. The molecule has 1 unspecified atom stereocenters.